The van der Waals surface area contributed by atoms with Crippen LogP contribution >= 0.6 is 0 Å². The number of halogens is 1. The summed E-state index contributed by atoms with van der Waals surface area (Å²) >= 11 is 0. The van der Waals surface area contributed by atoms with Gasteiger partial charge in [-0.05, 0) is 49.4 Å². The first-order chi connectivity index (χ1) is 9.66. The largest absolute Gasteiger partial charge is 0.381 e. The van der Waals surface area contributed by atoms with E-state index in [1.54, 1.807) is 6.07 Å². The van der Waals surface area contributed by atoms with Gasteiger partial charge in [0.2, 0.25) is 5.91 Å². The third-order valence-corrected chi connectivity index (χ3v) is 4.44. The van der Waals surface area contributed by atoms with Gasteiger partial charge in [0, 0.05) is 13.2 Å². The van der Waals surface area contributed by atoms with Crippen molar-refractivity contribution in [2.75, 3.05) is 19.8 Å². The van der Waals surface area contributed by atoms with Gasteiger partial charge in [0.15, 0.2) is 0 Å². The van der Waals surface area contributed by atoms with Gasteiger partial charge in [-0.2, -0.15) is 0 Å². The second kappa shape index (κ2) is 5.52. The second-order valence-electron chi connectivity index (χ2n) is 5.71. The first-order valence-corrected chi connectivity index (χ1v) is 7.33. The van der Waals surface area contributed by atoms with Crippen molar-refractivity contribution in [3.05, 3.63) is 35.1 Å². The maximum absolute atomic E-state index is 13.4. The SMILES string of the molecule is CC1c2cc(F)ccc2CCN1C(=O)C1CCCOC1. The summed E-state index contributed by atoms with van der Waals surface area (Å²) in [5.41, 5.74) is 2.10. The molecule has 108 valence electrons. The minimum Gasteiger partial charge on any atom is -0.381 e. The minimum absolute atomic E-state index is 0.0266. The number of hydrogen-bond acceptors (Lipinski definition) is 2. The van der Waals surface area contributed by atoms with Gasteiger partial charge < -0.3 is 9.64 Å². The van der Waals surface area contributed by atoms with Crippen LogP contribution < -0.4 is 0 Å². The molecule has 1 fully saturated rings. The molecule has 3 nitrogen and oxygen atoms in total. The molecule has 0 aromatic heterocycles. The van der Waals surface area contributed by atoms with Crippen molar-refractivity contribution in [1.82, 2.24) is 4.90 Å². The smallest absolute Gasteiger partial charge is 0.228 e. The molecule has 20 heavy (non-hydrogen) atoms. The number of hydrogen-bond donors (Lipinski definition) is 0. The minimum atomic E-state index is -0.231. The van der Waals surface area contributed by atoms with Crippen molar-refractivity contribution in [2.24, 2.45) is 5.92 Å². The zero-order valence-electron chi connectivity index (χ0n) is 11.8. The number of ether oxygens (including phenoxy) is 1. The molecule has 2 heterocycles. The molecule has 1 saturated heterocycles. The predicted octanol–water partition coefficient (Wildman–Crippen LogP) is 2.70. The molecular formula is C16H20FNO2. The molecular weight excluding hydrogens is 257 g/mol. The maximum atomic E-state index is 13.4. The molecule has 3 rings (SSSR count). The molecule has 0 spiro atoms. The topological polar surface area (TPSA) is 29.5 Å². The van der Waals surface area contributed by atoms with Crippen molar-refractivity contribution in [3.8, 4) is 0 Å². The van der Waals surface area contributed by atoms with Crippen LogP contribution in [0, 0.1) is 11.7 Å². The Bertz CT molecular complexity index is 511. The average Bonchev–Trinajstić information content (AvgIpc) is 2.48. The van der Waals surface area contributed by atoms with Crippen LogP contribution in [0.25, 0.3) is 0 Å². The molecule has 0 radical (unpaired) electrons. The molecule has 2 aliphatic rings. The van der Waals surface area contributed by atoms with Gasteiger partial charge in [0.1, 0.15) is 5.82 Å². The Balaban J connectivity index is 1.80. The summed E-state index contributed by atoms with van der Waals surface area (Å²) in [5, 5.41) is 0. The first-order valence-electron chi connectivity index (χ1n) is 7.33. The van der Waals surface area contributed by atoms with Crippen molar-refractivity contribution in [2.45, 2.75) is 32.2 Å². The highest BCUT2D eigenvalue weighted by atomic mass is 19.1. The average molecular weight is 277 g/mol. The number of benzene rings is 1. The van der Waals surface area contributed by atoms with Gasteiger partial charge in [0.05, 0.1) is 18.6 Å². The molecule has 2 unspecified atom stereocenters. The molecule has 4 heteroatoms. The fourth-order valence-corrected chi connectivity index (χ4v) is 3.26. The Morgan fingerprint density at radius 3 is 3.05 bits per heavy atom. The van der Waals surface area contributed by atoms with Crippen molar-refractivity contribution in [1.29, 1.82) is 0 Å². The van der Waals surface area contributed by atoms with Gasteiger partial charge in [-0.15, -0.1) is 0 Å². The highest BCUT2D eigenvalue weighted by Gasteiger charge is 2.32. The molecule has 2 aliphatic heterocycles. The highest BCUT2D eigenvalue weighted by molar-refractivity contribution is 5.80. The molecule has 2 atom stereocenters. The van der Waals surface area contributed by atoms with Gasteiger partial charge in [0.25, 0.3) is 0 Å². The van der Waals surface area contributed by atoms with E-state index in [1.165, 1.54) is 6.07 Å². The van der Waals surface area contributed by atoms with Gasteiger partial charge >= 0.3 is 0 Å². The lowest BCUT2D eigenvalue weighted by Crippen LogP contribution is -2.44. The summed E-state index contributed by atoms with van der Waals surface area (Å²) in [4.78, 5) is 14.5. The van der Waals surface area contributed by atoms with E-state index in [0.717, 1.165) is 43.5 Å². The number of amides is 1. The van der Waals surface area contributed by atoms with Crippen LogP contribution in [-0.2, 0) is 16.0 Å². The van der Waals surface area contributed by atoms with Crippen LogP contribution in [0.2, 0.25) is 0 Å². The molecule has 1 aromatic carbocycles. The molecule has 0 aliphatic carbocycles. The first kappa shape index (κ1) is 13.6. The second-order valence-corrected chi connectivity index (χ2v) is 5.71. The summed E-state index contributed by atoms with van der Waals surface area (Å²) < 4.78 is 18.8. The number of carbonyl (C=O) groups excluding carboxylic acids is 1. The lowest BCUT2D eigenvalue weighted by atomic mass is 9.91. The van der Waals surface area contributed by atoms with E-state index in [2.05, 4.69) is 0 Å². The van der Waals surface area contributed by atoms with E-state index in [0.29, 0.717) is 6.61 Å². The Hall–Kier alpha value is -1.42. The zero-order valence-corrected chi connectivity index (χ0v) is 11.8. The summed E-state index contributed by atoms with van der Waals surface area (Å²) in [6.45, 7) is 3.99. The highest BCUT2D eigenvalue weighted by Crippen LogP contribution is 2.32. The maximum Gasteiger partial charge on any atom is 0.228 e. The van der Waals surface area contributed by atoms with Crippen molar-refractivity contribution < 1.29 is 13.9 Å². The van der Waals surface area contributed by atoms with Gasteiger partial charge in [-0.25, -0.2) is 4.39 Å². The van der Waals surface area contributed by atoms with Crippen LogP contribution in [0.4, 0.5) is 4.39 Å². The van der Waals surface area contributed by atoms with Crippen LogP contribution in [0.5, 0.6) is 0 Å². The summed E-state index contributed by atoms with van der Waals surface area (Å²) in [7, 11) is 0. The molecule has 0 N–H and O–H groups in total. The Labute approximate surface area is 118 Å². The Kier molecular flexibility index (Phi) is 3.74. The molecule has 1 amide bonds. The molecule has 0 saturated carbocycles. The van der Waals surface area contributed by atoms with Crippen molar-refractivity contribution in [3.63, 3.8) is 0 Å². The van der Waals surface area contributed by atoms with Crippen LogP contribution in [0.3, 0.4) is 0 Å². The third kappa shape index (κ3) is 2.44. The Morgan fingerprint density at radius 2 is 2.30 bits per heavy atom. The Morgan fingerprint density at radius 1 is 1.45 bits per heavy atom. The summed E-state index contributed by atoms with van der Waals surface area (Å²) in [6.07, 6.45) is 2.65. The number of nitrogens with zero attached hydrogens (tertiary/aromatic N) is 1. The van der Waals surface area contributed by atoms with E-state index >= 15 is 0 Å². The summed E-state index contributed by atoms with van der Waals surface area (Å²) in [6, 6.07) is 4.85. The van der Waals surface area contributed by atoms with Crippen molar-refractivity contribution >= 4 is 5.91 Å². The van der Waals surface area contributed by atoms with E-state index in [1.807, 2.05) is 17.9 Å². The predicted molar refractivity (Wildman–Crippen MR) is 73.8 cm³/mol. The van der Waals surface area contributed by atoms with Crippen LogP contribution in [0.15, 0.2) is 18.2 Å². The fourth-order valence-electron chi connectivity index (χ4n) is 3.26. The lowest BCUT2D eigenvalue weighted by Gasteiger charge is -2.38. The zero-order chi connectivity index (χ0) is 14.1. The van der Waals surface area contributed by atoms with Gasteiger partial charge in [-0.1, -0.05) is 6.07 Å². The van der Waals surface area contributed by atoms with E-state index < -0.39 is 0 Å². The third-order valence-electron chi connectivity index (χ3n) is 4.44. The lowest BCUT2D eigenvalue weighted by molar-refractivity contribution is -0.142. The number of carbonyl (C=O) groups is 1. The van der Waals surface area contributed by atoms with E-state index in [9.17, 15) is 9.18 Å². The monoisotopic (exact) mass is 277 g/mol. The molecule has 0 bridgehead atoms. The summed E-state index contributed by atoms with van der Waals surface area (Å²) in [5.74, 6) is -0.0979. The normalized spacial score (nSPS) is 26.2. The van der Waals surface area contributed by atoms with Crippen LogP contribution in [-0.4, -0.2) is 30.6 Å². The quantitative estimate of drug-likeness (QED) is 0.790. The van der Waals surface area contributed by atoms with Gasteiger partial charge in [-0.3, -0.25) is 4.79 Å². The van der Waals surface area contributed by atoms with E-state index in [4.69, 9.17) is 4.74 Å². The number of fused-ring (bicyclic) bond motifs is 1. The standard InChI is InChI=1S/C16H20FNO2/c1-11-15-9-14(17)5-4-12(15)6-7-18(11)16(19)13-3-2-8-20-10-13/h4-5,9,11,13H,2-3,6-8,10H2,1H3. The van der Waals surface area contributed by atoms with Crippen LogP contribution in [0.1, 0.15) is 36.9 Å². The fraction of sp³-hybridized carbons (Fsp3) is 0.562. The number of rotatable bonds is 1. The molecule has 1 aromatic rings. The van der Waals surface area contributed by atoms with E-state index in [-0.39, 0.29) is 23.7 Å².